The minimum absolute atomic E-state index is 0.708. The van der Waals surface area contributed by atoms with E-state index in [4.69, 9.17) is 0 Å². The Balaban J connectivity index is 0.000000269. The summed E-state index contributed by atoms with van der Waals surface area (Å²) in [4.78, 5) is 0. The molecule has 13 aliphatic carbocycles. The molecule has 0 heteroatoms. The van der Waals surface area contributed by atoms with Crippen LogP contribution in [-0.4, -0.2) is 0 Å². The molecule has 0 N–H and O–H groups in total. The van der Waals surface area contributed by atoms with E-state index in [1.165, 1.54) is 148 Å². The van der Waals surface area contributed by atoms with Gasteiger partial charge in [-0.25, -0.2) is 0 Å². The van der Waals surface area contributed by atoms with Crippen molar-refractivity contribution in [1.29, 1.82) is 0 Å². The maximum Gasteiger partial charge on any atom is -0.0268 e. The summed E-state index contributed by atoms with van der Waals surface area (Å²) in [7, 11) is 0. The predicted molar refractivity (Wildman–Crippen MR) is 329 cm³/mol. The van der Waals surface area contributed by atoms with Crippen molar-refractivity contribution in [3.63, 3.8) is 0 Å². The molecule has 9 atom stereocenters. The van der Waals surface area contributed by atoms with E-state index in [1.54, 1.807) is 19.3 Å². The highest BCUT2D eigenvalue weighted by molar-refractivity contribution is 5.10. The molecule has 72 heavy (non-hydrogen) atoms. The summed E-state index contributed by atoms with van der Waals surface area (Å²) in [6, 6.07) is 0. The number of hydrogen-bond acceptors (Lipinski definition) is 0. The zero-order valence-electron chi connectivity index (χ0n) is 55.0. The van der Waals surface area contributed by atoms with Gasteiger partial charge in [-0.15, -0.1) is 0 Å². The number of hydrogen-bond donors (Lipinski definition) is 0. The van der Waals surface area contributed by atoms with Crippen LogP contribution in [-0.2, 0) is 0 Å². The molecule has 13 rings (SSSR count). The fourth-order valence-corrected chi connectivity index (χ4v) is 10.2. The monoisotopic (exact) mass is 1010 g/mol. The second kappa shape index (κ2) is 30.4. The molecule has 0 aromatic rings. The lowest BCUT2D eigenvalue weighted by molar-refractivity contribution is 0.190. The van der Waals surface area contributed by atoms with Gasteiger partial charge in [0.05, 0.1) is 0 Å². The molecule has 0 nitrogen and oxygen atoms in total. The summed E-state index contributed by atoms with van der Waals surface area (Å²) in [5.74, 6) is 15.7. The minimum atomic E-state index is 0.708. The van der Waals surface area contributed by atoms with E-state index in [0.717, 1.165) is 110 Å². The SMILES string of the molecule is CC(C)C1CC1.CC1(C)CCC1.CC1C(C)C1C.CC1CC1(C)C.CC1CC[C@H]1C.CCC1(C)CC1.CCC1(C)CC1.CCC1CC1C.CCC1CCC1.CCC1C[C@@H]1C.C[C@H]1CC1(C)C.C[C@H]1CC12CC2. The van der Waals surface area contributed by atoms with Crippen LogP contribution in [0.25, 0.3) is 0 Å². The van der Waals surface area contributed by atoms with Gasteiger partial charge in [0, 0.05) is 0 Å². The first-order valence-electron chi connectivity index (χ1n) is 33.3. The lowest BCUT2D eigenvalue weighted by Crippen LogP contribution is -2.20. The van der Waals surface area contributed by atoms with Crippen LogP contribution in [0.1, 0.15) is 340 Å². The standard InChI is InChI=1S/C6H10.11C6H12/c1-5-4-6(5)2-3-6;2*1-5-4-6(5,2)3;1-6(2)4-3-5-6;1-5-3-4-6(5)2;1-5(2)6-3-4-6;1-4-5(2)6(4)3;2*1-3-6(2)4-5-6;2*1-3-6-4-5(6)2;1-2-6-4-3-5-6/h5H,2-4H2,1H3;2*5H,4H2,1-3H3;3-5H2,1-2H3;2*5-6H,3-4H2,1-2H3;4-6H,1-3H3;2*3-5H2,1-2H3;2*5-6H,3-4H2,1-2H3;6H,2-5H2,1H3/t2*5-;;;5-,6?;;;;;5-,6?;;/m00..1....0../s1. The molecule has 13 saturated carbocycles. The Kier molecular flexibility index (Phi) is 28.7. The van der Waals surface area contributed by atoms with Crippen molar-refractivity contribution in [1.82, 2.24) is 0 Å². The molecular weight excluding hydrogens is 865 g/mol. The molecule has 0 aromatic carbocycles. The molecule has 0 aliphatic heterocycles. The van der Waals surface area contributed by atoms with Gasteiger partial charge in [0.2, 0.25) is 0 Å². The van der Waals surface area contributed by atoms with Gasteiger partial charge in [0.15, 0.2) is 0 Å². The van der Waals surface area contributed by atoms with Gasteiger partial charge in [0.1, 0.15) is 0 Å². The Bertz CT molecular complexity index is 1240. The lowest BCUT2D eigenvalue weighted by atomic mass is 9.72. The van der Waals surface area contributed by atoms with E-state index < -0.39 is 0 Å². The highest BCUT2D eigenvalue weighted by atomic mass is 14.6. The largest absolute Gasteiger partial charge is 0.0651 e. The van der Waals surface area contributed by atoms with Crippen LogP contribution < -0.4 is 0 Å². The summed E-state index contributed by atoms with van der Waals surface area (Å²) < 4.78 is 0. The van der Waals surface area contributed by atoms with E-state index in [0.29, 0.717) is 10.8 Å². The van der Waals surface area contributed by atoms with Crippen LogP contribution in [0.5, 0.6) is 0 Å². The molecule has 430 valence electrons. The molecule has 0 heterocycles. The van der Waals surface area contributed by atoms with E-state index in [-0.39, 0.29) is 0 Å². The normalized spacial score (nSPS) is 36.8. The van der Waals surface area contributed by atoms with Gasteiger partial charge in [-0.2, -0.15) is 0 Å². The molecule has 13 fully saturated rings. The topological polar surface area (TPSA) is 0 Å². The van der Waals surface area contributed by atoms with E-state index in [1.807, 2.05) is 0 Å². The summed E-state index contributed by atoms with van der Waals surface area (Å²) in [6.07, 6.45) is 38.2. The Morgan fingerprint density at radius 3 is 0.694 bits per heavy atom. The quantitative estimate of drug-likeness (QED) is 0.249. The minimum Gasteiger partial charge on any atom is -0.0651 e. The molecule has 0 bridgehead atoms. The van der Waals surface area contributed by atoms with Crippen molar-refractivity contribution in [2.45, 2.75) is 340 Å². The van der Waals surface area contributed by atoms with Crippen molar-refractivity contribution in [3.05, 3.63) is 0 Å². The first-order chi connectivity index (χ1) is 33.3. The predicted octanol–water partition coefficient (Wildman–Crippen LogP) is 24.8. The first-order valence-corrected chi connectivity index (χ1v) is 33.3. The highest BCUT2D eigenvalue weighted by Crippen LogP contribution is 2.70. The van der Waals surface area contributed by atoms with Crippen molar-refractivity contribution >= 4 is 0 Å². The van der Waals surface area contributed by atoms with Crippen molar-refractivity contribution in [2.75, 3.05) is 0 Å². The second-order valence-corrected chi connectivity index (χ2v) is 32.2. The third kappa shape index (κ3) is 29.7. The molecule has 0 aromatic heterocycles. The van der Waals surface area contributed by atoms with Crippen molar-refractivity contribution in [3.8, 4) is 0 Å². The molecule has 0 amide bonds. The molecule has 0 radical (unpaired) electrons. The van der Waals surface area contributed by atoms with E-state index in [2.05, 4.69) is 173 Å². The van der Waals surface area contributed by atoms with Gasteiger partial charge in [0.25, 0.3) is 0 Å². The Hall–Kier alpha value is 0. The number of rotatable bonds is 6. The molecule has 0 saturated heterocycles. The zero-order chi connectivity index (χ0) is 55.0. The van der Waals surface area contributed by atoms with Gasteiger partial charge >= 0.3 is 0 Å². The third-order valence-corrected chi connectivity index (χ3v) is 23.5. The fraction of sp³-hybridized carbons (Fsp3) is 1.00. The lowest BCUT2D eigenvalue weighted by Gasteiger charge is -2.33. The average Bonchev–Trinajstić information content (AvgIpc) is 4.08. The summed E-state index contributed by atoms with van der Waals surface area (Å²) in [6.45, 7) is 57.8. The maximum absolute atomic E-state index is 2.37. The fourth-order valence-electron chi connectivity index (χ4n) is 10.2. The third-order valence-electron chi connectivity index (χ3n) is 23.5. The van der Waals surface area contributed by atoms with Crippen molar-refractivity contribution in [2.24, 2.45) is 121 Å². The maximum atomic E-state index is 2.37. The van der Waals surface area contributed by atoms with Gasteiger partial charge < -0.3 is 0 Å². The van der Waals surface area contributed by atoms with Crippen LogP contribution >= 0.6 is 0 Å². The van der Waals surface area contributed by atoms with Crippen molar-refractivity contribution < 1.29 is 0 Å². The van der Waals surface area contributed by atoms with Gasteiger partial charge in [-0.3, -0.25) is 0 Å². The molecule has 5 unspecified atom stereocenters. The van der Waals surface area contributed by atoms with E-state index in [9.17, 15) is 0 Å². The van der Waals surface area contributed by atoms with Gasteiger partial charge in [-0.1, -0.05) is 244 Å². The van der Waals surface area contributed by atoms with Crippen LogP contribution in [0.2, 0.25) is 0 Å². The average molecular weight is 1010 g/mol. The summed E-state index contributed by atoms with van der Waals surface area (Å²) in [5, 5.41) is 0. The Labute approximate surface area is 459 Å². The summed E-state index contributed by atoms with van der Waals surface area (Å²) in [5.41, 5.74) is 4.68. The first kappa shape index (κ1) is 68.1. The van der Waals surface area contributed by atoms with E-state index >= 15 is 0 Å². The molecule has 13 aliphatic rings. The summed E-state index contributed by atoms with van der Waals surface area (Å²) >= 11 is 0. The molecule has 1 spiro atoms. The van der Waals surface area contributed by atoms with Crippen LogP contribution in [0.4, 0.5) is 0 Å². The zero-order valence-corrected chi connectivity index (χ0v) is 55.0. The Morgan fingerprint density at radius 2 is 0.694 bits per heavy atom. The van der Waals surface area contributed by atoms with Crippen LogP contribution in [0.15, 0.2) is 0 Å². The second-order valence-electron chi connectivity index (χ2n) is 32.2. The Morgan fingerprint density at radius 1 is 0.389 bits per heavy atom. The molecular formula is C72H142. The van der Waals surface area contributed by atoms with Crippen LogP contribution in [0, 0.1) is 121 Å². The highest BCUT2D eigenvalue weighted by Gasteiger charge is 2.59. The smallest absolute Gasteiger partial charge is 0.0268 e. The van der Waals surface area contributed by atoms with Gasteiger partial charge in [-0.05, 0) is 218 Å². The van der Waals surface area contributed by atoms with Crippen LogP contribution in [0.3, 0.4) is 0 Å².